The number of carbonyl (C=O) groups excluding carboxylic acids is 1. The number of aromatic nitrogens is 1. The molecule has 28 heavy (non-hydrogen) atoms. The van der Waals surface area contributed by atoms with Gasteiger partial charge in [0.25, 0.3) is 0 Å². The van der Waals surface area contributed by atoms with E-state index < -0.39 is 10.0 Å². The van der Waals surface area contributed by atoms with E-state index in [4.69, 9.17) is 0 Å². The minimum Gasteiger partial charge on any atom is -0.354 e. The Labute approximate surface area is 167 Å². The Morgan fingerprint density at radius 2 is 1.82 bits per heavy atom. The van der Waals surface area contributed by atoms with Gasteiger partial charge in [-0.1, -0.05) is 12.5 Å². The zero-order valence-electron chi connectivity index (χ0n) is 16.2. The number of rotatable bonds is 7. The zero-order valence-corrected chi connectivity index (χ0v) is 17.0. The molecule has 0 aromatic carbocycles. The topological polar surface area (TPSA) is 85.8 Å². The van der Waals surface area contributed by atoms with Gasteiger partial charge in [0.2, 0.25) is 15.9 Å². The molecule has 3 heterocycles. The summed E-state index contributed by atoms with van der Waals surface area (Å²) in [6.07, 6.45) is 6.05. The second kappa shape index (κ2) is 9.49. The van der Waals surface area contributed by atoms with Crippen LogP contribution in [0.3, 0.4) is 0 Å². The fraction of sp³-hybridized carbons (Fsp3) is 0.579. The van der Waals surface area contributed by atoms with Crippen molar-refractivity contribution in [2.75, 3.05) is 57.3 Å². The van der Waals surface area contributed by atoms with Crippen LogP contribution in [0.5, 0.6) is 0 Å². The van der Waals surface area contributed by atoms with E-state index in [-0.39, 0.29) is 10.8 Å². The van der Waals surface area contributed by atoms with Crippen LogP contribution >= 0.6 is 0 Å². The van der Waals surface area contributed by atoms with Gasteiger partial charge in [-0.25, -0.2) is 13.4 Å². The van der Waals surface area contributed by atoms with Crippen molar-refractivity contribution in [1.82, 2.24) is 19.5 Å². The standard InChI is InChI=1S/C19H29N5O3S/c1-2-8-20-19(25)16-22-11-13-23(14-12-22)18-7-6-17(15-21-18)28(26,27)24-9-4-3-5-10-24/h2,6-7,15H,1,3-5,8-14,16H2,(H,20,25). The van der Waals surface area contributed by atoms with E-state index in [1.54, 1.807) is 22.5 Å². The van der Waals surface area contributed by atoms with Crippen molar-refractivity contribution in [3.8, 4) is 0 Å². The van der Waals surface area contributed by atoms with E-state index >= 15 is 0 Å². The predicted octanol–water partition coefficient (Wildman–Crippen LogP) is 0.680. The molecule has 3 rings (SSSR count). The fourth-order valence-electron chi connectivity index (χ4n) is 3.55. The minimum atomic E-state index is -3.45. The first-order valence-electron chi connectivity index (χ1n) is 9.82. The quantitative estimate of drug-likeness (QED) is 0.669. The molecule has 1 aromatic heterocycles. The highest BCUT2D eigenvalue weighted by molar-refractivity contribution is 7.89. The Bertz CT molecular complexity index is 767. The Morgan fingerprint density at radius 1 is 1.11 bits per heavy atom. The van der Waals surface area contributed by atoms with Gasteiger partial charge in [-0.05, 0) is 25.0 Å². The van der Waals surface area contributed by atoms with Crippen LogP contribution in [0, 0.1) is 0 Å². The molecule has 1 N–H and O–H groups in total. The maximum atomic E-state index is 12.7. The second-order valence-corrected chi connectivity index (χ2v) is 9.11. The van der Waals surface area contributed by atoms with Crippen LogP contribution in [0.25, 0.3) is 0 Å². The first-order valence-corrected chi connectivity index (χ1v) is 11.3. The van der Waals surface area contributed by atoms with E-state index in [2.05, 4.69) is 26.7 Å². The van der Waals surface area contributed by atoms with Crippen LogP contribution < -0.4 is 10.2 Å². The number of pyridine rings is 1. The summed E-state index contributed by atoms with van der Waals surface area (Å²) in [5, 5.41) is 2.78. The van der Waals surface area contributed by atoms with Gasteiger partial charge >= 0.3 is 0 Å². The summed E-state index contributed by atoms with van der Waals surface area (Å²) < 4.78 is 27.0. The van der Waals surface area contributed by atoms with Crippen LogP contribution in [0.1, 0.15) is 19.3 Å². The number of piperazine rings is 1. The molecule has 1 aromatic rings. The summed E-state index contributed by atoms with van der Waals surface area (Å²) in [6.45, 7) is 8.65. The van der Waals surface area contributed by atoms with Crippen LogP contribution in [-0.4, -0.2) is 80.9 Å². The number of carbonyl (C=O) groups is 1. The third-order valence-electron chi connectivity index (χ3n) is 5.18. The van der Waals surface area contributed by atoms with Crippen molar-refractivity contribution in [1.29, 1.82) is 0 Å². The number of anilines is 1. The number of hydrogen-bond donors (Lipinski definition) is 1. The van der Waals surface area contributed by atoms with Crippen molar-refractivity contribution in [2.24, 2.45) is 0 Å². The molecule has 8 nitrogen and oxygen atoms in total. The molecule has 2 aliphatic heterocycles. The monoisotopic (exact) mass is 407 g/mol. The molecule has 0 bridgehead atoms. The van der Waals surface area contributed by atoms with Crippen molar-refractivity contribution in [2.45, 2.75) is 24.2 Å². The number of nitrogens with zero attached hydrogens (tertiary/aromatic N) is 4. The average molecular weight is 408 g/mol. The molecule has 2 saturated heterocycles. The highest BCUT2D eigenvalue weighted by atomic mass is 32.2. The third-order valence-corrected chi connectivity index (χ3v) is 7.06. The molecule has 0 radical (unpaired) electrons. The molecule has 9 heteroatoms. The lowest BCUT2D eigenvalue weighted by atomic mass is 10.2. The minimum absolute atomic E-state index is 0.00116. The lowest BCUT2D eigenvalue weighted by molar-refractivity contribution is -0.122. The maximum Gasteiger partial charge on any atom is 0.244 e. The summed E-state index contributed by atoms with van der Waals surface area (Å²) in [6, 6.07) is 3.44. The lowest BCUT2D eigenvalue weighted by Gasteiger charge is -2.35. The summed E-state index contributed by atoms with van der Waals surface area (Å²) in [5.74, 6) is 0.770. The lowest BCUT2D eigenvalue weighted by Crippen LogP contribution is -2.49. The largest absolute Gasteiger partial charge is 0.354 e. The first kappa shape index (κ1) is 20.8. The summed E-state index contributed by atoms with van der Waals surface area (Å²) >= 11 is 0. The highest BCUT2D eigenvalue weighted by Crippen LogP contribution is 2.22. The molecule has 2 fully saturated rings. The molecule has 1 amide bonds. The second-order valence-electron chi connectivity index (χ2n) is 7.17. The van der Waals surface area contributed by atoms with Crippen LogP contribution in [0.15, 0.2) is 35.9 Å². The van der Waals surface area contributed by atoms with Crippen LogP contribution in [0.2, 0.25) is 0 Å². The number of piperidine rings is 1. The van der Waals surface area contributed by atoms with E-state index in [0.717, 1.165) is 51.3 Å². The normalized spacial score (nSPS) is 19.4. The average Bonchev–Trinajstić information content (AvgIpc) is 2.73. The maximum absolute atomic E-state index is 12.7. The summed E-state index contributed by atoms with van der Waals surface area (Å²) in [7, 11) is -3.45. The van der Waals surface area contributed by atoms with Gasteiger partial charge in [0, 0.05) is 52.0 Å². The van der Waals surface area contributed by atoms with Gasteiger partial charge < -0.3 is 10.2 Å². The fourth-order valence-corrected chi connectivity index (χ4v) is 5.01. The van der Waals surface area contributed by atoms with Crippen molar-refractivity contribution in [3.63, 3.8) is 0 Å². The zero-order chi connectivity index (χ0) is 20.0. The van der Waals surface area contributed by atoms with Gasteiger partial charge in [-0.2, -0.15) is 4.31 Å². The molecule has 0 atom stereocenters. The molecule has 154 valence electrons. The highest BCUT2D eigenvalue weighted by Gasteiger charge is 2.27. The van der Waals surface area contributed by atoms with E-state index in [0.29, 0.717) is 26.2 Å². The van der Waals surface area contributed by atoms with Crippen LogP contribution in [-0.2, 0) is 14.8 Å². The van der Waals surface area contributed by atoms with Gasteiger partial charge in [-0.15, -0.1) is 6.58 Å². The predicted molar refractivity (Wildman–Crippen MR) is 109 cm³/mol. The Hall–Kier alpha value is -1.97. The summed E-state index contributed by atoms with van der Waals surface area (Å²) in [4.78, 5) is 20.7. The smallest absolute Gasteiger partial charge is 0.244 e. The van der Waals surface area contributed by atoms with Gasteiger partial charge in [-0.3, -0.25) is 9.69 Å². The molecule has 0 aliphatic carbocycles. The Morgan fingerprint density at radius 3 is 2.43 bits per heavy atom. The number of nitrogens with one attached hydrogen (secondary N) is 1. The third kappa shape index (κ3) is 5.09. The Kier molecular flexibility index (Phi) is 7.03. The van der Waals surface area contributed by atoms with Gasteiger partial charge in [0.05, 0.1) is 6.54 Å². The van der Waals surface area contributed by atoms with Crippen molar-refractivity contribution >= 4 is 21.7 Å². The van der Waals surface area contributed by atoms with E-state index in [1.165, 1.54) is 6.20 Å². The van der Waals surface area contributed by atoms with E-state index in [9.17, 15) is 13.2 Å². The number of amides is 1. The molecular formula is C19H29N5O3S. The molecular weight excluding hydrogens is 378 g/mol. The Balaban J connectivity index is 1.54. The molecule has 0 saturated carbocycles. The van der Waals surface area contributed by atoms with Crippen LogP contribution in [0.4, 0.5) is 5.82 Å². The molecule has 0 spiro atoms. The van der Waals surface area contributed by atoms with Gasteiger partial charge in [0.1, 0.15) is 10.7 Å². The van der Waals surface area contributed by atoms with E-state index in [1.807, 2.05) is 0 Å². The number of sulfonamides is 1. The first-order chi connectivity index (χ1) is 13.5. The summed E-state index contributed by atoms with van der Waals surface area (Å²) in [5.41, 5.74) is 0. The molecule has 0 unspecified atom stereocenters. The van der Waals surface area contributed by atoms with Crippen molar-refractivity contribution in [3.05, 3.63) is 31.0 Å². The SMILES string of the molecule is C=CCNC(=O)CN1CCN(c2ccc(S(=O)(=O)N3CCCCC3)cn2)CC1. The van der Waals surface area contributed by atoms with Crippen molar-refractivity contribution < 1.29 is 13.2 Å². The molecule has 2 aliphatic rings. The van der Waals surface area contributed by atoms with Gasteiger partial charge in [0.15, 0.2) is 0 Å². The number of hydrogen-bond acceptors (Lipinski definition) is 6.